The first-order valence-electron chi connectivity index (χ1n) is 7.09. The number of nitrogen functional groups attached to an aromatic ring is 1. The summed E-state index contributed by atoms with van der Waals surface area (Å²) in [6, 6.07) is 21.6. The van der Waals surface area contributed by atoms with E-state index in [1.165, 1.54) is 0 Å². The van der Waals surface area contributed by atoms with E-state index in [4.69, 9.17) is 15.6 Å². The molecule has 0 aliphatic heterocycles. The van der Waals surface area contributed by atoms with Crippen LogP contribution >= 0.6 is 0 Å². The molecule has 114 valence electrons. The smallest absolute Gasteiger partial charge is 0.335 e. The fourth-order valence-electron chi connectivity index (χ4n) is 2.23. The molecular formula is C19H15NO3. The minimum absolute atomic E-state index is 0.273. The quantitative estimate of drug-likeness (QED) is 0.700. The van der Waals surface area contributed by atoms with Crippen LogP contribution in [-0.4, -0.2) is 11.1 Å². The van der Waals surface area contributed by atoms with Gasteiger partial charge in [0.15, 0.2) is 0 Å². The first-order valence-corrected chi connectivity index (χ1v) is 7.09. The van der Waals surface area contributed by atoms with E-state index in [2.05, 4.69) is 0 Å². The molecule has 3 aromatic carbocycles. The number of nitrogens with two attached hydrogens (primary N) is 1. The number of benzene rings is 3. The van der Waals surface area contributed by atoms with E-state index < -0.39 is 5.97 Å². The van der Waals surface area contributed by atoms with Crippen LogP contribution in [0.2, 0.25) is 0 Å². The zero-order valence-electron chi connectivity index (χ0n) is 12.3. The van der Waals surface area contributed by atoms with Gasteiger partial charge in [-0.3, -0.25) is 0 Å². The van der Waals surface area contributed by atoms with E-state index in [1.54, 1.807) is 36.4 Å². The van der Waals surface area contributed by atoms with Crippen molar-refractivity contribution in [1.29, 1.82) is 0 Å². The van der Waals surface area contributed by atoms with Crippen LogP contribution in [0.1, 0.15) is 10.4 Å². The highest BCUT2D eigenvalue weighted by molar-refractivity contribution is 5.88. The van der Waals surface area contributed by atoms with Gasteiger partial charge in [-0.2, -0.15) is 0 Å². The molecule has 0 radical (unpaired) electrons. The molecular weight excluding hydrogens is 290 g/mol. The Kier molecular flexibility index (Phi) is 3.97. The van der Waals surface area contributed by atoms with Gasteiger partial charge in [0.2, 0.25) is 0 Å². The minimum Gasteiger partial charge on any atom is -0.478 e. The molecule has 0 saturated heterocycles. The van der Waals surface area contributed by atoms with Gasteiger partial charge in [0.25, 0.3) is 0 Å². The molecule has 0 bridgehead atoms. The molecule has 3 aromatic rings. The Morgan fingerprint density at radius 1 is 0.826 bits per heavy atom. The number of aromatic carboxylic acids is 1. The lowest BCUT2D eigenvalue weighted by atomic mass is 10.0. The number of anilines is 1. The van der Waals surface area contributed by atoms with Crippen molar-refractivity contribution < 1.29 is 14.6 Å². The van der Waals surface area contributed by atoms with Gasteiger partial charge in [0, 0.05) is 11.8 Å². The summed E-state index contributed by atoms with van der Waals surface area (Å²) in [4.78, 5) is 10.9. The Balaban J connectivity index is 1.77. The van der Waals surface area contributed by atoms with Crippen LogP contribution in [0.15, 0.2) is 72.8 Å². The van der Waals surface area contributed by atoms with Crippen LogP contribution in [0.3, 0.4) is 0 Å². The second-order valence-electron chi connectivity index (χ2n) is 5.08. The molecule has 0 saturated carbocycles. The lowest BCUT2D eigenvalue weighted by Gasteiger charge is -2.08. The summed E-state index contributed by atoms with van der Waals surface area (Å²) in [5.41, 5.74) is 8.59. The Labute approximate surface area is 133 Å². The number of hydrogen-bond donors (Lipinski definition) is 2. The van der Waals surface area contributed by atoms with E-state index in [9.17, 15) is 4.79 Å². The predicted octanol–water partition coefficient (Wildman–Crippen LogP) is 4.43. The molecule has 0 aromatic heterocycles. The van der Waals surface area contributed by atoms with Crippen LogP contribution in [0.4, 0.5) is 5.69 Å². The van der Waals surface area contributed by atoms with Crippen LogP contribution in [-0.2, 0) is 0 Å². The van der Waals surface area contributed by atoms with Crippen molar-refractivity contribution in [2.75, 3.05) is 5.73 Å². The Bertz CT molecular complexity index is 824. The zero-order valence-corrected chi connectivity index (χ0v) is 12.3. The number of carboxylic acids is 1. The average molecular weight is 305 g/mol. The molecule has 0 fully saturated rings. The number of ether oxygens (including phenoxy) is 1. The molecule has 0 amide bonds. The average Bonchev–Trinajstić information content (AvgIpc) is 2.56. The molecule has 0 heterocycles. The van der Waals surface area contributed by atoms with Crippen LogP contribution in [0.5, 0.6) is 11.5 Å². The van der Waals surface area contributed by atoms with E-state index in [0.29, 0.717) is 17.2 Å². The molecule has 3 N–H and O–H groups in total. The van der Waals surface area contributed by atoms with Gasteiger partial charge in [-0.25, -0.2) is 4.79 Å². The Morgan fingerprint density at radius 2 is 1.43 bits per heavy atom. The Hall–Kier alpha value is -3.27. The highest BCUT2D eigenvalue weighted by Crippen LogP contribution is 2.26. The molecule has 0 aliphatic carbocycles. The lowest BCUT2D eigenvalue weighted by molar-refractivity contribution is 0.0697. The third kappa shape index (κ3) is 3.49. The van der Waals surface area contributed by atoms with Crippen molar-refractivity contribution in [3.05, 3.63) is 78.4 Å². The van der Waals surface area contributed by atoms with Crippen LogP contribution in [0, 0.1) is 0 Å². The van der Waals surface area contributed by atoms with Crippen molar-refractivity contribution in [3.63, 3.8) is 0 Å². The fraction of sp³-hybridized carbons (Fsp3) is 0. The first-order chi connectivity index (χ1) is 11.1. The maximum Gasteiger partial charge on any atom is 0.335 e. The van der Waals surface area contributed by atoms with Crippen LogP contribution in [0.25, 0.3) is 11.1 Å². The summed E-state index contributed by atoms with van der Waals surface area (Å²) in [7, 11) is 0. The first kappa shape index (κ1) is 14.7. The zero-order chi connectivity index (χ0) is 16.2. The highest BCUT2D eigenvalue weighted by Gasteiger charge is 2.04. The molecule has 0 unspecified atom stereocenters. The Morgan fingerprint density at radius 3 is 2.00 bits per heavy atom. The molecule has 4 heteroatoms. The SMILES string of the molecule is Nc1cccc(Oc2ccc(-c3ccc(C(=O)O)cc3)cc2)c1. The highest BCUT2D eigenvalue weighted by atomic mass is 16.5. The summed E-state index contributed by atoms with van der Waals surface area (Å²) in [6.45, 7) is 0. The monoisotopic (exact) mass is 305 g/mol. The van der Waals surface area contributed by atoms with Gasteiger partial charge in [-0.15, -0.1) is 0 Å². The summed E-state index contributed by atoms with van der Waals surface area (Å²) in [6.07, 6.45) is 0. The number of rotatable bonds is 4. The van der Waals surface area contributed by atoms with Crippen molar-refractivity contribution >= 4 is 11.7 Å². The normalized spacial score (nSPS) is 10.3. The van der Waals surface area contributed by atoms with Gasteiger partial charge in [0.05, 0.1) is 5.56 Å². The standard InChI is InChI=1S/C19H15NO3/c20-16-2-1-3-18(12-16)23-17-10-8-14(9-11-17)13-4-6-15(7-5-13)19(21)22/h1-12H,20H2,(H,21,22). The van der Waals surface area contributed by atoms with Crippen molar-refractivity contribution in [2.24, 2.45) is 0 Å². The second-order valence-corrected chi connectivity index (χ2v) is 5.08. The number of hydrogen-bond acceptors (Lipinski definition) is 3. The van der Waals surface area contributed by atoms with E-state index in [-0.39, 0.29) is 5.56 Å². The molecule has 0 aliphatic rings. The fourth-order valence-corrected chi connectivity index (χ4v) is 2.23. The second kappa shape index (κ2) is 6.23. The molecule has 23 heavy (non-hydrogen) atoms. The number of carbonyl (C=O) groups is 1. The van der Waals surface area contributed by atoms with Gasteiger partial charge in [-0.1, -0.05) is 30.3 Å². The van der Waals surface area contributed by atoms with Crippen molar-refractivity contribution in [3.8, 4) is 22.6 Å². The van der Waals surface area contributed by atoms with Crippen molar-refractivity contribution in [1.82, 2.24) is 0 Å². The summed E-state index contributed by atoms with van der Waals surface area (Å²) < 4.78 is 5.74. The van der Waals surface area contributed by atoms with E-state index in [1.807, 2.05) is 36.4 Å². The van der Waals surface area contributed by atoms with E-state index in [0.717, 1.165) is 11.1 Å². The molecule has 0 atom stereocenters. The lowest BCUT2D eigenvalue weighted by Crippen LogP contribution is -1.94. The summed E-state index contributed by atoms with van der Waals surface area (Å²) in [5, 5.41) is 8.92. The molecule has 0 spiro atoms. The topological polar surface area (TPSA) is 72.5 Å². The predicted molar refractivity (Wildman–Crippen MR) is 89.8 cm³/mol. The third-order valence-electron chi connectivity index (χ3n) is 3.41. The maximum atomic E-state index is 10.9. The number of carboxylic acid groups (broad SMARTS) is 1. The van der Waals surface area contributed by atoms with E-state index >= 15 is 0 Å². The third-order valence-corrected chi connectivity index (χ3v) is 3.41. The van der Waals surface area contributed by atoms with Crippen molar-refractivity contribution in [2.45, 2.75) is 0 Å². The molecule has 3 rings (SSSR count). The van der Waals surface area contributed by atoms with Gasteiger partial charge < -0.3 is 15.6 Å². The molecule has 4 nitrogen and oxygen atoms in total. The van der Waals surface area contributed by atoms with Gasteiger partial charge in [0.1, 0.15) is 11.5 Å². The minimum atomic E-state index is -0.928. The largest absolute Gasteiger partial charge is 0.478 e. The van der Waals surface area contributed by atoms with Gasteiger partial charge in [-0.05, 0) is 47.5 Å². The maximum absolute atomic E-state index is 10.9. The summed E-state index contributed by atoms with van der Waals surface area (Å²) in [5.74, 6) is 0.465. The van der Waals surface area contributed by atoms with Crippen LogP contribution < -0.4 is 10.5 Å². The van der Waals surface area contributed by atoms with Gasteiger partial charge >= 0.3 is 5.97 Å². The summed E-state index contributed by atoms with van der Waals surface area (Å²) >= 11 is 0.